The molecule has 106 valence electrons. The highest BCUT2D eigenvalue weighted by Gasteiger charge is 2.33. The van der Waals surface area contributed by atoms with Crippen molar-refractivity contribution < 1.29 is 17.2 Å². The van der Waals surface area contributed by atoms with Gasteiger partial charge in [-0.3, -0.25) is 0 Å². The molecule has 1 aliphatic heterocycles. The Bertz CT molecular complexity index is 560. The van der Waals surface area contributed by atoms with Crippen molar-refractivity contribution in [2.75, 3.05) is 18.1 Å². The second-order valence-corrected chi connectivity index (χ2v) is 7.33. The van der Waals surface area contributed by atoms with Crippen LogP contribution in [-0.4, -0.2) is 26.5 Å². The molecule has 0 spiro atoms. The van der Waals surface area contributed by atoms with E-state index in [1.165, 1.54) is 0 Å². The highest BCUT2D eigenvalue weighted by atomic mass is 32.2. The van der Waals surface area contributed by atoms with Gasteiger partial charge >= 0.3 is 0 Å². The van der Waals surface area contributed by atoms with Crippen molar-refractivity contribution >= 4 is 9.84 Å². The highest BCUT2D eigenvalue weighted by molar-refractivity contribution is 7.91. The third-order valence-electron chi connectivity index (χ3n) is 3.73. The number of hydrogen-bond donors (Lipinski definition) is 1. The maximum absolute atomic E-state index is 13.6. The lowest BCUT2D eigenvalue weighted by atomic mass is 9.86. The van der Waals surface area contributed by atoms with Gasteiger partial charge in [0.05, 0.1) is 11.5 Å². The van der Waals surface area contributed by atoms with Crippen molar-refractivity contribution in [3.63, 3.8) is 0 Å². The largest absolute Gasteiger partial charge is 0.330 e. The van der Waals surface area contributed by atoms with Crippen LogP contribution in [-0.2, 0) is 16.3 Å². The molecule has 0 aromatic heterocycles. The Morgan fingerprint density at radius 2 is 2.11 bits per heavy atom. The fourth-order valence-corrected chi connectivity index (χ4v) is 4.54. The number of halogens is 2. The normalized spacial score (nSPS) is 23.4. The van der Waals surface area contributed by atoms with Crippen LogP contribution in [0.3, 0.4) is 0 Å². The molecule has 0 saturated carbocycles. The van der Waals surface area contributed by atoms with Gasteiger partial charge in [-0.05, 0) is 55.0 Å². The van der Waals surface area contributed by atoms with Crippen molar-refractivity contribution in [2.24, 2.45) is 17.6 Å². The van der Waals surface area contributed by atoms with Gasteiger partial charge in [0.1, 0.15) is 11.6 Å². The second kappa shape index (κ2) is 5.54. The Morgan fingerprint density at radius 3 is 2.68 bits per heavy atom. The summed E-state index contributed by atoms with van der Waals surface area (Å²) < 4.78 is 49.6. The third-order valence-corrected chi connectivity index (χ3v) is 5.52. The summed E-state index contributed by atoms with van der Waals surface area (Å²) in [5, 5.41) is 0. The van der Waals surface area contributed by atoms with E-state index < -0.39 is 21.5 Å². The summed E-state index contributed by atoms with van der Waals surface area (Å²) in [5.74, 6) is -0.885. The Morgan fingerprint density at radius 1 is 1.37 bits per heavy atom. The zero-order valence-corrected chi connectivity index (χ0v) is 11.3. The van der Waals surface area contributed by atoms with Gasteiger partial charge in [-0.1, -0.05) is 0 Å². The van der Waals surface area contributed by atoms with Gasteiger partial charge in [-0.15, -0.1) is 0 Å². The van der Waals surface area contributed by atoms with Crippen LogP contribution in [0.2, 0.25) is 0 Å². The van der Waals surface area contributed by atoms with Crippen molar-refractivity contribution in [1.82, 2.24) is 0 Å². The average molecular weight is 289 g/mol. The highest BCUT2D eigenvalue weighted by Crippen LogP contribution is 2.28. The van der Waals surface area contributed by atoms with E-state index in [1.54, 1.807) is 0 Å². The lowest BCUT2D eigenvalue weighted by Gasteiger charge is -2.21. The molecule has 1 aliphatic rings. The van der Waals surface area contributed by atoms with Gasteiger partial charge in [-0.2, -0.15) is 0 Å². The van der Waals surface area contributed by atoms with E-state index in [0.717, 1.165) is 18.2 Å². The topological polar surface area (TPSA) is 60.2 Å². The van der Waals surface area contributed by atoms with Crippen LogP contribution in [0.5, 0.6) is 0 Å². The average Bonchev–Trinajstić information content (AvgIpc) is 2.70. The molecule has 19 heavy (non-hydrogen) atoms. The Labute approximate surface area is 111 Å². The molecule has 2 atom stereocenters. The third kappa shape index (κ3) is 3.51. The molecule has 0 bridgehead atoms. The van der Waals surface area contributed by atoms with Gasteiger partial charge in [0.15, 0.2) is 9.84 Å². The van der Waals surface area contributed by atoms with Gasteiger partial charge in [0.25, 0.3) is 0 Å². The zero-order valence-electron chi connectivity index (χ0n) is 10.5. The van der Waals surface area contributed by atoms with Gasteiger partial charge in [0.2, 0.25) is 0 Å². The molecular weight excluding hydrogens is 272 g/mol. The summed E-state index contributed by atoms with van der Waals surface area (Å²) in [5.41, 5.74) is 5.93. The Kier molecular flexibility index (Phi) is 4.20. The molecule has 1 heterocycles. The van der Waals surface area contributed by atoms with E-state index in [-0.39, 0.29) is 41.9 Å². The van der Waals surface area contributed by atoms with E-state index in [1.807, 2.05) is 0 Å². The molecule has 3 nitrogen and oxygen atoms in total. The van der Waals surface area contributed by atoms with Crippen LogP contribution < -0.4 is 5.73 Å². The summed E-state index contributed by atoms with van der Waals surface area (Å²) in [6, 6.07) is 3.31. The van der Waals surface area contributed by atoms with Crippen molar-refractivity contribution in [2.45, 2.75) is 12.8 Å². The van der Waals surface area contributed by atoms with Crippen LogP contribution in [0, 0.1) is 23.5 Å². The minimum absolute atomic E-state index is 0.0577. The summed E-state index contributed by atoms with van der Waals surface area (Å²) in [6.45, 7) is 0.274. The zero-order chi connectivity index (χ0) is 14.0. The summed E-state index contributed by atoms with van der Waals surface area (Å²) in [6.07, 6.45) is 0.835. The first-order valence-corrected chi connectivity index (χ1v) is 8.08. The number of nitrogens with two attached hydrogens (primary N) is 1. The molecule has 2 rings (SSSR count). The summed E-state index contributed by atoms with van der Waals surface area (Å²) >= 11 is 0. The Balaban J connectivity index is 2.13. The molecule has 0 aliphatic carbocycles. The van der Waals surface area contributed by atoms with Gasteiger partial charge in [-0.25, -0.2) is 17.2 Å². The molecule has 2 unspecified atom stereocenters. The molecule has 0 amide bonds. The van der Waals surface area contributed by atoms with Crippen LogP contribution >= 0.6 is 0 Å². The van der Waals surface area contributed by atoms with E-state index in [0.29, 0.717) is 6.42 Å². The lowest BCUT2D eigenvalue weighted by molar-refractivity contribution is 0.365. The molecule has 1 saturated heterocycles. The summed E-state index contributed by atoms with van der Waals surface area (Å²) in [7, 11) is -2.98. The quantitative estimate of drug-likeness (QED) is 0.914. The monoisotopic (exact) mass is 289 g/mol. The number of sulfone groups is 1. The van der Waals surface area contributed by atoms with Crippen LogP contribution in [0.1, 0.15) is 12.0 Å². The maximum Gasteiger partial charge on any atom is 0.150 e. The predicted octanol–water partition coefficient (Wildman–Crippen LogP) is 1.52. The molecule has 1 aromatic rings. The smallest absolute Gasteiger partial charge is 0.150 e. The predicted molar refractivity (Wildman–Crippen MR) is 69.4 cm³/mol. The summed E-state index contributed by atoms with van der Waals surface area (Å²) in [4.78, 5) is 0. The first-order chi connectivity index (χ1) is 8.91. The van der Waals surface area contributed by atoms with E-state index in [9.17, 15) is 17.2 Å². The molecule has 0 radical (unpaired) electrons. The molecule has 2 N–H and O–H groups in total. The molecule has 1 fully saturated rings. The maximum atomic E-state index is 13.6. The SMILES string of the molecule is NCC(Cc1cc(F)ccc1F)C1CCS(=O)(=O)C1. The van der Waals surface area contributed by atoms with Gasteiger partial charge in [0, 0.05) is 0 Å². The second-order valence-electron chi connectivity index (χ2n) is 5.10. The molecule has 1 aromatic carbocycles. The Hall–Kier alpha value is -1.01. The number of benzene rings is 1. The van der Waals surface area contributed by atoms with Crippen molar-refractivity contribution in [3.05, 3.63) is 35.4 Å². The minimum Gasteiger partial charge on any atom is -0.330 e. The van der Waals surface area contributed by atoms with Crippen molar-refractivity contribution in [3.8, 4) is 0 Å². The van der Waals surface area contributed by atoms with E-state index in [4.69, 9.17) is 5.73 Å². The van der Waals surface area contributed by atoms with Crippen LogP contribution in [0.25, 0.3) is 0 Å². The fraction of sp³-hybridized carbons (Fsp3) is 0.538. The number of hydrogen-bond acceptors (Lipinski definition) is 3. The van der Waals surface area contributed by atoms with Crippen LogP contribution in [0.15, 0.2) is 18.2 Å². The van der Waals surface area contributed by atoms with E-state index in [2.05, 4.69) is 0 Å². The first kappa shape index (κ1) is 14.4. The van der Waals surface area contributed by atoms with Gasteiger partial charge < -0.3 is 5.73 Å². The molecule has 6 heteroatoms. The fourth-order valence-electron chi connectivity index (χ4n) is 2.62. The number of rotatable bonds is 4. The lowest BCUT2D eigenvalue weighted by Crippen LogP contribution is -2.27. The van der Waals surface area contributed by atoms with Crippen molar-refractivity contribution in [1.29, 1.82) is 0 Å². The minimum atomic E-state index is -2.98. The van der Waals surface area contributed by atoms with E-state index >= 15 is 0 Å². The first-order valence-electron chi connectivity index (χ1n) is 6.25. The standard InChI is InChI=1S/C13H17F2NO2S/c14-12-1-2-13(15)10(6-12)5-11(7-16)9-3-4-19(17,18)8-9/h1-2,6,9,11H,3-5,7-8,16H2. The molecular formula is C13H17F2NO2S. The van der Waals surface area contributed by atoms with Crippen LogP contribution in [0.4, 0.5) is 8.78 Å².